The van der Waals surface area contributed by atoms with Gasteiger partial charge in [0.25, 0.3) is 0 Å². The standard InChI is InChI=1S/C19H33N5O7/c1-11(25)16(18(29)24-9-5-7-14(24)19(30)31)23-15(27)10-21-17(28)13(22-12(2)26)6-3-4-8-20/h11,13-14,16,25H,3-10,20H2,1-2H3,(H,21,28)(H,22,26)(H,23,27)(H,30,31)/t11-,13+,14+,16+/m1/s1. The van der Waals surface area contributed by atoms with Gasteiger partial charge < -0.3 is 36.8 Å². The Morgan fingerprint density at radius 3 is 2.39 bits per heavy atom. The minimum absolute atomic E-state index is 0.215. The van der Waals surface area contributed by atoms with E-state index in [0.717, 1.165) is 4.90 Å². The van der Waals surface area contributed by atoms with Gasteiger partial charge in [0, 0.05) is 13.5 Å². The molecule has 12 heteroatoms. The molecule has 0 unspecified atom stereocenters. The fourth-order valence-corrected chi connectivity index (χ4v) is 3.38. The van der Waals surface area contributed by atoms with Crippen molar-refractivity contribution < 1.29 is 34.2 Å². The van der Waals surface area contributed by atoms with Crippen LogP contribution in [-0.2, 0) is 24.0 Å². The molecule has 0 aliphatic carbocycles. The van der Waals surface area contributed by atoms with E-state index in [-0.39, 0.29) is 6.54 Å². The second-order valence-corrected chi connectivity index (χ2v) is 7.57. The van der Waals surface area contributed by atoms with Crippen molar-refractivity contribution in [1.29, 1.82) is 0 Å². The van der Waals surface area contributed by atoms with Crippen molar-refractivity contribution >= 4 is 29.6 Å². The fourth-order valence-electron chi connectivity index (χ4n) is 3.38. The van der Waals surface area contributed by atoms with Gasteiger partial charge in [0.1, 0.15) is 18.1 Å². The first-order valence-electron chi connectivity index (χ1n) is 10.3. The first-order valence-corrected chi connectivity index (χ1v) is 10.3. The Hall–Kier alpha value is -2.73. The summed E-state index contributed by atoms with van der Waals surface area (Å²) in [5, 5.41) is 26.4. The highest BCUT2D eigenvalue weighted by molar-refractivity contribution is 5.93. The van der Waals surface area contributed by atoms with Gasteiger partial charge >= 0.3 is 5.97 Å². The first kappa shape index (κ1) is 26.3. The Morgan fingerprint density at radius 2 is 1.84 bits per heavy atom. The fraction of sp³-hybridized carbons (Fsp3) is 0.737. The number of hydrogen-bond acceptors (Lipinski definition) is 7. The number of carboxylic acid groups (broad SMARTS) is 1. The van der Waals surface area contributed by atoms with E-state index in [4.69, 9.17) is 5.73 Å². The molecule has 1 aliphatic heterocycles. The number of carboxylic acids is 1. The molecule has 7 N–H and O–H groups in total. The highest BCUT2D eigenvalue weighted by atomic mass is 16.4. The van der Waals surface area contributed by atoms with Crippen molar-refractivity contribution in [3.05, 3.63) is 0 Å². The topological polar surface area (TPSA) is 191 Å². The van der Waals surface area contributed by atoms with Crippen molar-refractivity contribution in [3.8, 4) is 0 Å². The van der Waals surface area contributed by atoms with Crippen LogP contribution in [0.4, 0.5) is 0 Å². The number of amides is 4. The van der Waals surface area contributed by atoms with Gasteiger partial charge in [0.05, 0.1) is 12.6 Å². The number of carbonyl (C=O) groups excluding carboxylic acids is 4. The smallest absolute Gasteiger partial charge is 0.326 e. The number of aliphatic carboxylic acids is 1. The lowest BCUT2D eigenvalue weighted by Gasteiger charge is -2.28. The van der Waals surface area contributed by atoms with E-state index in [0.29, 0.717) is 38.6 Å². The largest absolute Gasteiger partial charge is 0.480 e. The van der Waals surface area contributed by atoms with Crippen molar-refractivity contribution in [1.82, 2.24) is 20.9 Å². The minimum atomic E-state index is -1.35. The number of likely N-dealkylation sites (tertiary alicyclic amines) is 1. The molecule has 0 aromatic carbocycles. The van der Waals surface area contributed by atoms with E-state index in [9.17, 15) is 34.2 Å². The van der Waals surface area contributed by atoms with Gasteiger partial charge in [0.15, 0.2) is 0 Å². The predicted molar refractivity (Wildman–Crippen MR) is 110 cm³/mol. The quantitative estimate of drug-likeness (QED) is 0.181. The number of nitrogens with one attached hydrogen (secondary N) is 3. The van der Waals surface area contributed by atoms with Gasteiger partial charge in [-0.3, -0.25) is 19.2 Å². The Kier molecular flexibility index (Phi) is 10.9. The lowest BCUT2D eigenvalue weighted by Crippen LogP contribution is -2.57. The van der Waals surface area contributed by atoms with E-state index >= 15 is 0 Å². The maximum absolute atomic E-state index is 12.7. The summed E-state index contributed by atoms with van der Waals surface area (Å²) in [5.41, 5.74) is 5.43. The lowest BCUT2D eigenvalue weighted by molar-refractivity contribution is -0.150. The van der Waals surface area contributed by atoms with Gasteiger partial charge in [0.2, 0.25) is 23.6 Å². The molecule has 1 aliphatic rings. The molecule has 4 atom stereocenters. The van der Waals surface area contributed by atoms with Crippen LogP contribution in [-0.4, -0.2) is 88.6 Å². The molecule has 0 aromatic heterocycles. The monoisotopic (exact) mass is 443 g/mol. The molecule has 176 valence electrons. The second kappa shape index (κ2) is 12.8. The molecule has 0 saturated carbocycles. The van der Waals surface area contributed by atoms with Crippen LogP contribution in [0, 0.1) is 0 Å². The Bertz CT molecular complexity index is 670. The number of hydrogen-bond donors (Lipinski definition) is 6. The van der Waals surface area contributed by atoms with E-state index in [1.165, 1.54) is 13.8 Å². The molecule has 1 rings (SSSR count). The number of nitrogens with two attached hydrogens (primary N) is 1. The molecule has 1 heterocycles. The van der Waals surface area contributed by atoms with E-state index in [2.05, 4.69) is 16.0 Å². The number of carbonyl (C=O) groups is 5. The summed E-state index contributed by atoms with van der Waals surface area (Å²) in [6.45, 7) is 2.76. The van der Waals surface area contributed by atoms with Crippen LogP contribution in [0.1, 0.15) is 46.0 Å². The van der Waals surface area contributed by atoms with Crippen molar-refractivity contribution in [2.45, 2.75) is 70.2 Å². The second-order valence-electron chi connectivity index (χ2n) is 7.57. The van der Waals surface area contributed by atoms with Gasteiger partial charge in [-0.1, -0.05) is 0 Å². The van der Waals surface area contributed by atoms with Crippen molar-refractivity contribution in [2.75, 3.05) is 19.6 Å². The average Bonchev–Trinajstić information content (AvgIpc) is 3.19. The number of rotatable bonds is 12. The maximum atomic E-state index is 12.7. The molecule has 0 bridgehead atoms. The van der Waals surface area contributed by atoms with Crippen LogP contribution in [0.25, 0.3) is 0 Å². The molecule has 0 radical (unpaired) electrons. The van der Waals surface area contributed by atoms with Gasteiger partial charge in [-0.2, -0.15) is 0 Å². The zero-order valence-corrected chi connectivity index (χ0v) is 17.9. The third-order valence-corrected chi connectivity index (χ3v) is 4.95. The summed E-state index contributed by atoms with van der Waals surface area (Å²) >= 11 is 0. The Balaban J connectivity index is 2.67. The SMILES string of the molecule is CC(=O)N[C@@H](CCCCN)C(=O)NCC(=O)N[C@H](C(=O)N1CCC[C@H]1C(=O)O)[C@@H](C)O. The highest BCUT2D eigenvalue weighted by Crippen LogP contribution is 2.19. The number of unbranched alkanes of at least 4 members (excludes halogenated alkanes) is 1. The maximum Gasteiger partial charge on any atom is 0.326 e. The van der Waals surface area contributed by atoms with Crippen LogP contribution in [0.2, 0.25) is 0 Å². The average molecular weight is 444 g/mol. The zero-order valence-electron chi connectivity index (χ0n) is 17.9. The van der Waals surface area contributed by atoms with Crippen molar-refractivity contribution in [2.24, 2.45) is 5.73 Å². The summed E-state index contributed by atoms with van der Waals surface area (Å²) in [6, 6.07) is -3.18. The summed E-state index contributed by atoms with van der Waals surface area (Å²) in [7, 11) is 0. The van der Waals surface area contributed by atoms with Gasteiger partial charge in [-0.15, -0.1) is 0 Å². The minimum Gasteiger partial charge on any atom is -0.480 e. The van der Waals surface area contributed by atoms with Gasteiger partial charge in [-0.05, 0) is 45.6 Å². The predicted octanol–water partition coefficient (Wildman–Crippen LogP) is -2.32. The van der Waals surface area contributed by atoms with Gasteiger partial charge in [-0.25, -0.2) is 4.79 Å². The van der Waals surface area contributed by atoms with E-state index in [1.807, 2.05) is 0 Å². The molecule has 4 amide bonds. The molecular weight excluding hydrogens is 410 g/mol. The third kappa shape index (κ3) is 8.50. The number of aliphatic hydroxyl groups excluding tert-OH is 1. The van der Waals surface area contributed by atoms with Crippen LogP contribution in [0.5, 0.6) is 0 Å². The molecule has 1 saturated heterocycles. The Morgan fingerprint density at radius 1 is 1.16 bits per heavy atom. The molecule has 0 spiro atoms. The van der Waals surface area contributed by atoms with Crippen molar-refractivity contribution in [3.63, 3.8) is 0 Å². The summed E-state index contributed by atoms with van der Waals surface area (Å²) in [6.07, 6.45) is 1.17. The van der Waals surface area contributed by atoms with Crippen LogP contribution >= 0.6 is 0 Å². The molecular formula is C19H33N5O7. The summed E-state index contributed by atoms with van der Waals surface area (Å²) in [4.78, 5) is 61.1. The van der Waals surface area contributed by atoms with Crippen LogP contribution < -0.4 is 21.7 Å². The normalized spacial score (nSPS) is 18.6. The highest BCUT2D eigenvalue weighted by Gasteiger charge is 2.39. The summed E-state index contributed by atoms with van der Waals surface area (Å²) < 4.78 is 0. The van der Waals surface area contributed by atoms with E-state index < -0.39 is 60.4 Å². The number of nitrogens with zero attached hydrogens (tertiary/aromatic N) is 1. The lowest BCUT2D eigenvalue weighted by atomic mass is 10.1. The zero-order chi connectivity index (χ0) is 23.6. The van der Waals surface area contributed by atoms with Crippen LogP contribution in [0.3, 0.4) is 0 Å². The van der Waals surface area contributed by atoms with E-state index in [1.54, 1.807) is 0 Å². The molecule has 12 nitrogen and oxygen atoms in total. The first-order chi connectivity index (χ1) is 14.6. The Labute approximate surface area is 180 Å². The third-order valence-electron chi connectivity index (χ3n) is 4.95. The van der Waals surface area contributed by atoms with Crippen LogP contribution in [0.15, 0.2) is 0 Å². The molecule has 1 fully saturated rings. The molecule has 31 heavy (non-hydrogen) atoms. The number of aliphatic hydroxyl groups is 1. The molecule has 0 aromatic rings. The summed E-state index contributed by atoms with van der Waals surface area (Å²) in [5.74, 6) is -3.53.